The van der Waals surface area contributed by atoms with Crippen LogP contribution in [0.4, 0.5) is 14.4 Å². The van der Waals surface area contributed by atoms with Crippen molar-refractivity contribution >= 4 is 89.8 Å². The number of aliphatic hydroxyl groups excluding tert-OH is 4. The molecule has 10 N–H and O–H groups in total. The predicted octanol–water partition coefficient (Wildman–Crippen LogP) is 12.9. The van der Waals surface area contributed by atoms with Gasteiger partial charge in [-0.15, -0.1) is 0 Å². The zero-order valence-corrected chi connectivity index (χ0v) is 83.0. The molecule has 38 heteroatoms. The summed E-state index contributed by atoms with van der Waals surface area (Å²) >= 11 is 0. The van der Waals surface area contributed by atoms with Gasteiger partial charge in [0.1, 0.15) is 58.0 Å². The first kappa shape index (κ1) is 134. The number of carboxylic acids is 2. The molecule has 1 saturated carbocycles. The van der Waals surface area contributed by atoms with Crippen molar-refractivity contribution in [2.24, 2.45) is 23.7 Å². The lowest BCUT2D eigenvalue weighted by Gasteiger charge is -2.30. The third-order valence-electron chi connectivity index (χ3n) is 17.8. The molecular weight excluding hydrogens is 1730 g/mol. The van der Waals surface area contributed by atoms with Gasteiger partial charge in [0.25, 0.3) is 0 Å². The average Bonchev–Trinajstić information content (AvgIpc) is 0.824. The van der Waals surface area contributed by atoms with Crippen LogP contribution < -0.4 is 21.3 Å². The van der Waals surface area contributed by atoms with E-state index in [9.17, 15) is 77.0 Å². The first-order chi connectivity index (χ1) is 62.0. The SMILES string of the molecule is CC(=O)NCCOC(C)=O.CCC(C)OC(=O)NCCOC(C)=O.CCC(COC(C)=O)OC(=O)C1CC=CCC1C(=O)O.CCC(COC(C)=O)OC(=O)c1ccccc1C(=O)O.CCC(O)CC.CCC(O)COC(C)=O.CCC1CCC(C)CC1O.CCCOC(=O)NC(C)(C)c1cccc(C)c1.CCCOC(=O)NCCOC(C)=O.CCOCC(O)CC.COC(C)=O. The summed E-state index contributed by atoms with van der Waals surface area (Å²) in [6.45, 7) is 45.4. The molecule has 2 aromatic rings. The second kappa shape index (κ2) is 87.1. The van der Waals surface area contributed by atoms with Crippen LogP contribution in [0.25, 0.3) is 0 Å². The Morgan fingerprint density at radius 3 is 1.29 bits per heavy atom. The van der Waals surface area contributed by atoms with Crippen molar-refractivity contribution in [2.75, 3.05) is 92.8 Å². The van der Waals surface area contributed by atoms with E-state index in [1.54, 1.807) is 32.1 Å². The van der Waals surface area contributed by atoms with Gasteiger partial charge in [-0.2, -0.15) is 0 Å². The summed E-state index contributed by atoms with van der Waals surface area (Å²) < 4.78 is 61.9. The van der Waals surface area contributed by atoms with Crippen LogP contribution in [-0.2, 0) is 115 Å². The number of nitrogens with one attached hydrogen (secondary N) is 4. The van der Waals surface area contributed by atoms with Crippen molar-refractivity contribution in [3.8, 4) is 0 Å². The number of rotatable bonds is 39. The molecule has 4 rings (SSSR count). The van der Waals surface area contributed by atoms with E-state index >= 15 is 0 Å². The molecule has 10 atom stereocenters. The molecule has 4 amide bonds. The number of aliphatic carboxylic acids is 1. The van der Waals surface area contributed by atoms with Gasteiger partial charge in [0.15, 0.2) is 0 Å². The smallest absolute Gasteiger partial charge is 0.407 e. The Bertz CT molecular complexity index is 3480. The zero-order chi connectivity index (χ0) is 103. The van der Waals surface area contributed by atoms with Crippen LogP contribution in [0.2, 0.25) is 0 Å². The molecule has 2 aromatic carbocycles. The fraction of sp³-hybridized carbons (Fsp3) is 0.691. The Morgan fingerprint density at radius 1 is 0.470 bits per heavy atom. The molecule has 0 bridgehead atoms. The number of carboxylic acid groups (broad SMARTS) is 2. The van der Waals surface area contributed by atoms with E-state index in [1.807, 2.05) is 101 Å². The van der Waals surface area contributed by atoms with E-state index in [0.29, 0.717) is 71.0 Å². The van der Waals surface area contributed by atoms with Crippen LogP contribution in [0.1, 0.15) is 287 Å². The highest BCUT2D eigenvalue weighted by molar-refractivity contribution is 6.02. The lowest BCUT2D eigenvalue weighted by molar-refractivity contribution is -0.166. The fourth-order valence-electron chi connectivity index (χ4n) is 9.70. The number of aromatic carboxylic acids is 1. The second-order valence-electron chi connectivity index (χ2n) is 30.1. The number of benzene rings is 2. The third kappa shape index (κ3) is 86.2. The number of methoxy groups -OCH3 is 1. The van der Waals surface area contributed by atoms with Crippen LogP contribution >= 0.6 is 0 Å². The molecule has 10 unspecified atom stereocenters. The highest BCUT2D eigenvalue weighted by atomic mass is 16.6. The number of amides is 4. The summed E-state index contributed by atoms with van der Waals surface area (Å²) in [6.07, 6.45) is 12.1. The quantitative estimate of drug-likeness (QED) is 0.0129. The fourth-order valence-corrected chi connectivity index (χ4v) is 9.70. The number of aryl methyl sites for hydroxylation is 1. The zero-order valence-electron chi connectivity index (χ0n) is 83.0. The number of hydrogen-bond acceptors (Lipinski definition) is 32. The van der Waals surface area contributed by atoms with Gasteiger partial charge in [0, 0.05) is 62.0 Å². The Balaban J connectivity index is -0.000000266. The topological polar surface area (TPSA) is 546 Å². The van der Waals surface area contributed by atoms with E-state index in [0.717, 1.165) is 62.8 Å². The number of alkyl carbamates (subject to hydrolysis) is 3. The van der Waals surface area contributed by atoms with E-state index < -0.39 is 83.7 Å². The maximum Gasteiger partial charge on any atom is 0.407 e. The minimum Gasteiger partial charge on any atom is -0.481 e. The van der Waals surface area contributed by atoms with Crippen molar-refractivity contribution < 1.29 is 164 Å². The van der Waals surface area contributed by atoms with Crippen molar-refractivity contribution in [3.05, 3.63) is 82.9 Å². The van der Waals surface area contributed by atoms with E-state index in [1.165, 1.54) is 99.1 Å². The van der Waals surface area contributed by atoms with Crippen LogP contribution in [0.15, 0.2) is 60.7 Å². The van der Waals surface area contributed by atoms with Crippen molar-refractivity contribution in [1.82, 2.24) is 21.3 Å². The first-order valence-electron chi connectivity index (χ1n) is 44.9. The number of carbonyl (C=O) groups excluding carboxylic acids is 13. The van der Waals surface area contributed by atoms with Crippen LogP contribution in [0.3, 0.4) is 0 Å². The Labute approximate surface area is 782 Å². The molecule has 38 nitrogen and oxygen atoms in total. The average molecular weight is 1890 g/mol. The number of allylic oxidation sites excluding steroid dienone is 2. The molecule has 132 heavy (non-hydrogen) atoms. The molecule has 0 radical (unpaired) electrons. The highest BCUT2D eigenvalue weighted by Gasteiger charge is 2.36. The predicted molar refractivity (Wildman–Crippen MR) is 494 cm³/mol. The molecule has 2 aliphatic rings. The summed E-state index contributed by atoms with van der Waals surface area (Å²) in [5.41, 5.74) is 1.68. The maximum absolute atomic E-state index is 12.1. The second-order valence-corrected chi connectivity index (χ2v) is 30.1. The molecule has 0 aliphatic heterocycles. The first-order valence-corrected chi connectivity index (χ1v) is 44.9. The lowest BCUT2D eigenvalue weighted by Crippen LogP contribution is -2.41. The monoisotopic (exact) mass is 1890 g/mol. The number of esters is 9. The molecule has 0 spiro atoms. The number of aliphatic hydroxyl groups is 4. The Hall–Kier alpha value is -10.6. The molecule has 1 fully saturated rings. The number of carbonyl (C=O) groups is 15. The third-order valence-corrected chi connectivity index (χ3v) is 17.8. The minimum atomic E-state index is -1.20. The molecule has 0 heterocycles. The van der Waals surface area contributed by atoms with Crippen molar-refractivity contribution in [1.29, 1.82) is 0 Å². The van der Waals surface area contributed by atoms with Gasteiger partial charge in [-0.25, -0.2) is 24.0 Å². The van der Waals surface area contributed by atoms with Gasteiger partial charge in [-0.05, 0) is 148 Å². The lowest BCUT2D eigenvalue weighted by atomic mass is 9.79. The van der Waals surface area contributed by atoms with Crippen LogP contribution in [0.5, 0.6) is 0 Å². The normalized spacial score (nSPS) is 15.0. The molecule has 2 aliphatic carbocycles. The molecule has 0 saturated heterocycles. The standard InChI is InChI=1S/C14H21NO2.C14H20O6.C14H16O6.C9H17NO4.C9H18O.C8H15NO4.C6H11NO3.C6H12O3.C6H14O2.C5H12O.C3H6O2/c1-5-9-17-13(16)15-14(3,4)12-8-6-7-11(2)10-12;2*1-3-10(8-19-9(2)15)20-14(18)12-7-5-4-6-11(12)13(16)17;1-4-7(2)14-9(12)10-5-6-13-8(3)11;1-3-8-5-4-7(2)6-9(8)10;1-3-5-13-8(11)9-4-6-12-7(2)10;1-5(8)7-3-4-10-6(2)9;1-3-6(8)4-9-5(2)7;1-3-6(7)5-8-4-2;1-3-5(6)4-2;1-3(4)5-2/h6-8,10H,5,9H2,1-4H3,(H,15,16);4-5,10-12H,3,6-8H2,1-2H3,(H,16,17);4-7,10H,3,8H2,1-2H3,(H,16,17);7H,4-6H2,1-3H3,(H,10,12);7-10H,3-6H2,1-2H3;3-6H2,1-2H3,(H,9,11);3-4H2,1-2H3,(H,7,8);6,8H,3-4H2,1-2H3;6-7H,3-5H2,1-2H3;5-6H,3-4H2,1-2H3;1-2H3. The van der Waals surface area contributed by atoms with Crippen LogP contribution in [0, 0.1) is 30.6 Å². The van der Waals surface area contributed by atoms with Gasteiger partial charge in [-0.1, -0.05) is 143 Å². The van der Waals surface area contributed by atoms with Gasteiger partial charge in [0.2, 0.25) is 5.91 Å². The van der Waals surface area contributed by atoms with Gasteiger partial charge < -0.3 is 113 Å². The van der Waals surface area contributed by atoms with E-state index in [2.05, 4.69) is 64.9 Å². The largest absolute Gasteiger partial charge is 0.481 e. The summed E-state index contributed by atoms with van der Waals surface area (Å²) in [7, 11) is 1.35. The van der Waals surface area contributed by atoms with Crippen molar-refractivity contribution in [2.45, 2.75) is 311 Å². The van der Waals surface area contributed by atoms with E-state index in [4.69, 9.17) is 63.4 Å². The highest BCUT2D eigenvalue weighted by Crippen LogP contribution is 2.31. The maximum atomic E-state index is 12.1. The summed E-state index contributed by atoms with van der Waals surface area (Å²) in [5.74, 6) is -6.24. The number of ether oxygens (including phenoxy) is 13. The van der Waals surface area contributed by atoms with Gasteiger partial charge >= 0.3 is 83.9 Å². The van der Waals surface area contributed by atoms with Crippen LogP contribution in [-0.4, -0.2) is 256 Å². The number of hydrogen-bond donors (Lipinski definition) is 10. The van der Waals surface area contributed by atoms with Gasteiger partial charge in [0.05, 0.1) is 99.5 Å². The Morgan fingerprint density at radius 2 is 0.902 bits per heavy atom. The molecular formula is C94H162N4O34. The minimum absolute atomic E-state index is 0.00211. The summed E-state index contributed by atoms with van der Waals surface area (Å²) in [6, 6.07) is 13.9. The van der Waals surface area contributed by atoms with Crippen molar-refractivity contribution in [3.63, 3.8) is 0 Å². The summed E-state index contributed by atoms with van der Waals surface area (Å²) in [5, 5.41) is 64.3. The van der Waals surface area contributed by atoms with E-state index in [-0.39, 0.29) is 130 Å². The molecule has 762 valence electrons. The summed E-state index contributed by atoms with van der Waals surface area (Å²) in [4.78, 5) is 162. The Kier molecular flexibility index (Phi) is 88.8. The molecule has 0 aromatic heterocycles. The van der Waals surface area contributed by atoms with Gasteiger partial charge in [-0.3, -0.25) is 47.9 Å².